The van der Waals surface area contributed by atoms with Gasteiger partial charge in [-0.15, -0.1) is 0 Å². The van der Waals surface area contributed by atoms with Crippen molar-refractivity contribution in [2.45, 2.75) is 6.42 Å². The Kier molecular flexibility index (Phi) is 3.54. The van der Waals surface area contributed by atoms with E-state index in [1.165, 1.54) is 0 Å². The molecular weight excluding hydrogens is 210 g/mol. The van der Waals surface area contributed by atoms with Crippen molar-refractivity contribution < 1.29 is 5.11 Å². The van der Waals surface area contributed by atoms with Gasteiger partial charge in [-0.2, -0.15) is 5.26 Å². The Morgan fingerprint density at radius 1 is 0.882 bits per heavy atom. The van der Waals surface area contributed by atoms with Gasteiger partial charge < -0.3 is 5.11 Å². The number of aliphatic hydroxyl groups excluding tert-OH is 1. The average Bonchev–Trinajstić information content (AvgIpc) is 2.40. The fourth-order valence-corrected chi connectivity index (χ4v) is 1.73. The molecule has 84 valence electrons. The van der Waals surface area contributed by atoms with Crippen molar-refractivity contribution >= 4 is 0 Å². The molecule has 17 heavy (non-hydrogen) atoms. The van der Waals surface area contributed by atoms with E-state index in [-0.39, 0.29) is 6.61 Å². The third kappa shape index (κ3) is 2.72. The van der Waals surface area contributed by atoms with Crippen molar-refractivity contribution in [1.82, 2.24) is 0 Å². The molecule has 2 aromatic carbocycles. The fourth-order valence-electron chi connectivity index (χ4n) is 1.73. The summed E-state index contributed by atoms with van der Waals surface area (Å²) in [6.45, 7) is 0.177. The standard InChI is InChI=1S/C15H13NO/c16-11-13-3-7-15(8-4-13)14-5-1-12(2-6-14)9-10-17/h1-8,17H,9-10H2. The molecule has 0 fully saturated rings. The van der Waals surface area contributed by atoms with Crippen LogP contribution in [0.25, 0.3) is 11.1 Å². The lowest BCUT2D eigenvalue weighted by molar-refractivity contribution is 0.299. The minimum atomic E-state index is 0.177. The molecule has 2 rings (SSSR count). The van der Waals surface area contributed by atoms with Crippen LogP contribution >= 0.6 is 0 Å². The van der Waals surface area contributed by atoms with Crippen molar-refractivity contribution in [3.05, 3.63) is 59.7 Å². The quantitative estimate of drug-likeness (QED) is 0.869. The monoisotopic (exact) mass is 223 g/mol. The Morgan fingerprint density at radius 2 is 1.41 bits per heavy atom. The van der Waals surface area contributed by atoms with Crippen LogP contribution in [0.4, 0.5) is 0 Å². The lowest BCUT2D eigenvalue weighted by atomic mass is 10.0. The summed E-state index contributed by atoms with van der Waals surface area (Å²) >= 11 is 0. The van der Waals surface area contributed by atoms with E-state index in [2.05, 4.69) is 6.07 Å². The van der Waals surface area contributed by atoms with E-state index in [0.29, 0.717) is 12.0 Å². The number of nitriles is 1. The predicted octanol–water partition coefficient (Wildman–Crippen LogP) is 2.76. The summed E-state index contributed by atoms with van der Waals surface area (Å²) in [6, 6.07) is 17.7. The van der Waals surface area contributed by atoms with Gasteiger partial charge in [-0.1, -0.05) is 36.4 Å². The molecule has 0 heterocycles. The van der Waals surface area contributed by atoms with Crippen molar-refractivity contribution in [3.63, 3.8) is 0 Å². The minimum absolute atomic E-state index is 0.177. The van der Waals surface area contributed by atoms with E-state index >= 15 is 0 Å². The molecule has 0 bridgehead atoms. The molecule has 2 nitrogen and oxygen atoms in total. The molecule has 0 aliphatic heterocycles. The summed E-state index contributed by atoms with van der Waals surface area (Å²) in [4.78, 5) is 0. The second-order valence-corrected chi connectivity index (χ2v) is 3.86. The van der Waals surface area contributed by atoms with E-state index in [1.54, 1.807) is 0 Å². The van der Waals surface area contributed by atoms with Gasteiger partial charge in [0.05, 0.1) is 11.6 Å². The van der Waals surface area contributed by atoms with E-state index in [0.717, 1.165) is 16.7 Å². The number of hydrogen-bond donors (Lipinski definition) is 1. The summed E-state index contributed by atoms with van der Waals surface area (Å²) in [5.74, 6) is 0. The summed E-state index contributed by atoms with van der Waals surface area (Å²) in [5, 5.41) is 17.6. The van der Waals surface area contributed by atoms with Crippen LogP contribution in [0.15, 0.2) is 48.5 Å². The molecule has 0 aromatic heterocycles. The summed E-state index contributed by atoms with van der Waals surface area (Å²) < 4.78 is 0. The van der Waals surface area contributed by atoms with E-state index in [4.69, 9.17) is 10.4 Å². The SMILES string of the molecule is N#Cc1ccc(-c2ccc(CCO)cc2)cc1. The highest BCUT2D eigenvalue weighted by Crippen LogP contribution is 2.20. The molecule has 0 saturated carbocycles. The van der Waals surface area contributed by atoms with E-state index in [9.17, 15) is 0 Å². The third-order valence-corrected chi connectivity index (χ3v) is 2.70. The third-order valence-electron chi connectivity index (χ3n) is 2.70. The van der Waals surface area contributed by atoms with Crippen molar-refractivity contribution in [2.24, 2.45) is 0 Å². The number of rotatable bonds is 3. The van der Waals surface area contributed by atoms with Crippen molar-refractivity contribution in [2.75, 3.05) is 6.61 Å². The van der Waals surface area contributed by atoms with Crippen LogP contribution in [-0.4, -0.2) is 11.7 Å². The minimum Gasteiger partial charge on any atom is -0.396 e. The van der Waals surface area contributed by atoms with Crippen LogP contribution in [-0.2, 0) is 6.42 Å². The second-order valence-electron chi connectivity index (χ2n) is 3.86. The van der Waals surface area contributed by atoms with Crippen LogP contribution < -0.4 is 0 Å². The van der Waals surface area contributed by atoms with Crippen LogP contribution in [0.1, 0.15) is 11.1 Å². The zero-order chi connectivity index (χ0) is 12.1. The Morgan fingerprint density at radius 3 is 1.88 bits per heavy atom. The lowest BCUT2D eigenvalue weighted by Crippen LogP contribution is -1.89. The molecule has 2 heteroatoms. The molecule has 0 amide bonds. The highest BCUT2D eigenvalue weighted by Gasteiger charge is 1.98. The molecule has 1 N–H and O–H groups in total. The van der Waals surface area contributed by atoms with Gasteiger partial charge in [0, 0.05) is 6.61 Å². The number of benzene rings is 2. The zero-order valence-corrected chi connectivity index (χ0v) is 9.43. The highest BCUT2D eigenvalue weighted by atomic mass is 16.2. The van der Waals surface area contributed by atoms with Crippen LogP contribution in [0.2, 0.25) is 0 Å². The highest BCUT2D eigenvalue weighted by molar-refractivity contribution is 5.64. The molecule has 0 spiro atoms. The topological polar surface area (TPSA) is 44.0 Å². The van der Waals surface area contributed by atoms with Crippen molar-refractivity contribution in [1.29, 1.82) is 5.26 Å². The van der Waals surface area contributed by atoms with E-state index < -0.39 is 0 Å². The van der Waals surface area contributed by atoms with Gasteiger partial charge in [-0.25, -0.2) is 0 Å². The van der Waals surface area contributed by atoms with Crippen LogP contribution in [0.3, 0.4) is 0 Å². The fraction of sp³-hybridized carbons (Fsp3) is 0.133. The Labute approximate surface area is 101 Å². The Hall–Kier alpha value is -2.11. The molecule has 0 radical (unpaired) electrons. The molecular formula is C15H13NO. The summed E-state index contributed by atoms with van der Waals surface area (Å²) in [5.41, 5.74) is 4.02. The first-order chi connectivity index (χ1) is 8.33. The normalized spacial score (nSPS) is 9.88. The van der Waals surface area contributed by atoms with Gasteiger partial charge in [0.1, 0.15) is 0 Å². The maximum absolute atomic E-state index is 8.83. The van der Waals surface area contributed by atoms with Gasteiger partial charge in [-0.3, -0.25) is 0 Å². The largest absolute Gasteiger partial charge is 0.396 e. The maximum atomic E-state index is 8.83. The second kappa shape index (κ2) is 5.29. The zero-order valence-electron chi connectivity index (χ0n) is 9.43. The predicted molar refractivity (Wildman–Crippen MR) is 67.4 cm³/mol. The summed E-state index contributed by atoms with van der Waals surface area (Å²) in [7, 11) is 0. The number of nitrogens with zero attached hydrogens (tertiary/aromatic N) is 1. The molecule has 0 unspecified atom stereocenters. The average molecular weight is 223 g/mol. The maximum Gasteiger partial charge on any atom is 0.0991 e. The van der Waals surface area contributed by atoms with Crippen LogP contribution in [0, 0.1) is 11.3 Å². The number of hydrogen-bond acceptors (Lipinski definition) is 2. The summed E-state index contributed by atoms with van der Waals surface area (Å²) in [6.07, 6.45) is 0.688. The molecule has 2 aromatic rings. The van der Waals surface area contributed by atoms with Gasteiger partial charge >= 0.3 is 0 Å². The van der Waals surface area contributed by atoms with Crippen molar-refractivity contribution in [3.8, 4) is 17.2 Å². The molecule has 0 atom stereocenters. The van der Waals surface area contributed by atoms with Gasteiger partial charge in [0.15, 0.2) is 0 Å². The number of aliphatic hydroxyl groups is 1. The molecule has 0 aliphatic carbocycles. The van der Waals surface area contributed by atoms with E-state index in [1.807, 2.05) is 48.5 Å². The van der Waals surface area contributed by atoms with Gasteiger partial charge in [-0.05, 0) is 35.2 Å². The van der Waals surface area contributed by atoms with Gasteiger partial charge in [0.2, 0.25) is 0 Å². The lowest BCUT2D eigenvalue weighted by Gasteiger charge is -2.03. The Bertz CT molecular complexity index is 520. The smallest absolute Gasteiger partial charge is 0.0991 e. The van der Waals surface area contributed by atoms with Crippen LogP contribution in [0.5, 0.6) is 0 Å². The first kappa shape index (κ1) is 11.4. The first-order valence-electron chi connectivity index (χ1n) is 5.54. The molecule has 0 saturated heterocycles. The first-order valence-corrected chi connectivity index (χ1v) is 5.54. The van der Waals surface area contributed by atoms with Gasteiger partial charge in [0.25, 0.3) is 0 Å². The molecule has 0 aliphatic rings. The Balaban J connectivity index is 2.24.